The molecule has 3 aromatic rings. The Labute approximate surface area is 168 Å². The van der Waals surface area contributed by atoms with E-state index in [2.05, 4.69) is 10.4 Å². The first-order valence-corrected chi connectivity index (χ1v) is 9.16. The van der Waals surface area contributed by atoms with Crippen LogP contribution in [0.2, 0.25) is 5.02 Å². The maximum Gasteiger partial charge on any atom is 0.254 e. The van der Waals surface area contributed by atoms with Gasteiger partial charge in [0.25, 0.3) is 5.91 Å². The lowest BCUT2D eigenvalue weighted by atomic mass is 10.2. The molecule has 7 heteroatoms. The topological polar surface area (TPSA) is 67.2 Å². The van der Waals surface area contributed by atoms with Crippen LogP contribution in [0.5, 0.6) is 0 Å². The Morgan fingerprint density at radius 3 is 2.39 bits per heavy atom. The average Bonchev–Trinajstić information content (AvgIpc) is 3.01. The lowest BCUT2D eigenvalue weighted by molar-refractivity contribution is -0.116. The molecule has 3 rings (SSSR count). The number of para-hydroxylation sites is 1. The highest BCUT2D eigenvalue weighted by Gasteiger charge is 2.16. The number of anilines is 1. The Morgan fingerprint density at radius 2 is 1.79 bits per heavy atom. The summed E-state index contributed by atoms with van der Waals surface area (Å²) in [6.07, 6.45) is 0. The van der Waals surface area contributed by atoms with Crippen molar-refractivity contribution < 1.29 is 9.59 Å². The quantitative estimate of drug-likeness (QED) is 0.712. The van der Waals surface area contributed by atoms with Crippen LogP contribution >= 0.6 is 11.6 Å². The predicted molar refractivity (Wildman–Crippen MR) is 110 cm³/mol. The summed E-state index contributed by atoms with van der Waals surface area (Å²) in [5.74, 6) is -0.558. The van der Waals surface area contributed by atoms with E-state index in [4.69, 9.17) is 11.6 Å². The van der Waals surface area contributed by atoms with Gasteiger partial charge in [-0.15, -0.1) is 0 Å². The third-order valence-electron chi connectivity index (χ3n) is 4.24. The molecular formula is C21H21ClN4O2. The second-order valence-corrected chi connectivity index (χ2v) is 6.98. The van der Waals surface area contributed by atoms with Gasteiger partial charge in [-0.1, -0.05) is 23.7 Å². The van der Waals surface area contributed by atoms with Crippen LogP contribution in [0.25, 0.3) is 5.69 Å². The summed E-state index contributed by atoms with van der Waals surface area (Å²) in [5.41, 5.74) is 3.84. The van der Waals surface area contributed by atoms with Crippen molar-refractivity contribution in [1.29, 1.82) is 0 Å². The van der Waals surface area contributed by atoms with E-state index in [1.165, 1.54) is 4.90 Å². The zero-order valence-electron chi connectivity index (χ0n) is 15.9. The summed E-state index contributed by atoms with van der Waals surface area (Å²) in [6, 6.07) is 16.1. The normalized spacial score (nSPS) is 10.6. The molecule has 144 valence electrons. The maximum absolute atomic E-state index is 12.6. The maximum atomic E-state index is 12.6. The molecule has 28 heavy (non-hydrogen) atoms. The number of hydrogen-bond donors (Lipinski definition) is 1. The van der Waals surface area contributed by atoms with Crippen molar-refractivity contribution in [3.63, 3.8) is 0 Å². The second kappa shape index (κ2) is 8.27. The van der Waals surface area contributed by atoms with E-state index in [9.17, 15) is 9.59 Å². The summed E-state index contributed by atoms with van der Waals surface area (Å²) >= 11 is 6.04. The first-order chi connectivity index (χ1) is 13.3. The highest BCUT2D eigenvalue weighted by atomic mass is 35.5. The van der Waals surface area contributed by atoms with Crippen LogP contribution in [0.15, 0.2) is 54.6 Å². The van der Waals surface area contributed by atoms with Gasteiger partial charge in [0.1, 0.15) is 0 Å². The van der Waals surface area contributed by atoms with E-state index in [1.807, 2.05) is 36.7 Å². The van der Waals surface area contributed by atoms with E-state index < -0.39 is 0 Å². The van der Waals surface area contributed by atoms with Gasteiger partial charge < -0.3 is 10.2 Å². The number of aromatic nitrogens is 2. The molecule has 0 radical (unpaired) electrons. The lowest BCUT2D eigenvalue weighted by Gasteiger charge is -2.17. The number of nitrogens with one attached hydrogen (secondary N) is 1. The fraction of sp³-hybridized carbons (Fsp3) is 0.190. The molecule has 0 atom stereocenters. The Bertz CT molecular complexity index is 1010. The molecule has 0 aliphatic heterocycles. The predicted octanol–water partition coefficient (Wildman–Crippen LogP) is 3.85. The molecule has 0 spiro atoms. The van der Waals surface area contributed by atoms with Crippen LogP contribution in [0, 0.1) is 13.8 Å². The lowest BCUT2D eigenvalue weighted by Crippen LogP contribution is -2.35. The molecule has 0 aliphatic carbocycles. The Hall–Kier alpha value is -3.12. The minimum absolute atomic E-state index is 0.0801. The van der Waals surface area contributed by atoms with Gasteiger partial charge in [0.05, 0.1) is 28.6 Å². The van der Waals surface area contributed by atoms with Gasteiger partial charge in [0, 0.05) is 18.3 Å². The van der Waals surface area contributed by atoms with E-state index >= 15 is 0 Å². The standard InChI is InChI=1S/C21H21ClN4O2/c1-14-12-15(2)26(24-14)17-10-8-16(9-11-17)21(28)25(3)13-20(27)23-19-7-5-4-6-18(19)22/h4-12H,13H2,1-3H3,(H,23,27). The largest absolute Gasteiger partial charge is 0.332 e. The van der Waals surface area contributed by atoms with Gasteiger partial charge >= 0.3 is 0 Å². The fourth-order valence-electron chi connectivity index (χ4n) is 2.90. The molecule has 0 saturated carbocycles. The molecule has 0 bridgehead atoms. The minimum atomic E-state index is -0.316. The fourth-order valence-corrected chi connectivity index (χ4v) is 3.08. The summed E-state index contributed by atoms with van der Waals surface area (Å²) in [4.78, 5) is 26.2. The molecule has 0 fully saturated rings. The van der Waals surface area contributed by atoms with Crippen molar-refractivity contribution >= 4 is 29.1 Å². The second-order valence-electron chi connectivity index (χ2n) is 6.58. The van der Waals surface area contributed by atoms with Crippen LogP contribution in [0.3, 0.4) is 0 Å². The van der Waals surface area contributed by atoms with Crippen molar-refractivity contribution in [1.82, 2.24) is 14.7 Å². The molecule has 0 saturated heterocycles. The highest BCUT2D eigenvalue weighted by Crippen LogP contribution is 2.20. The summed E-state index contributed by atoms with van der Waals surface area (Å²) in [5, 5.41) is 7.59. The number of benzene rings is 2. The van der Waals surface area contributed by atoms with Crippen molar-refractivity contribution in [2.75, 3.05) is 18.9 Å². The Kier molecular flexibility index (Phi) is 5.80. The van der Waals surface area contributed by atoms with Crippen LogP contribution in [0.1, 0.15) is 21.7 Å². The summed E-state index contributed by atoms with van der Waals surface area (Å²) < 4.78 is 1.82. The molecule has 0 unspecified atom stereocenters. The van der Waals surface area contributed by atoms with Crippen molar-refractivity contribution in [3.8, 4) is 5.69 Å². The number of rotatable bonds is 5. The zero-order valence-corrected chi connectivity index (χ0v) is 16.7. The number of amides is 2. The monoisotopic (exact) mass is 396 g/mol. The van der Waals surface area contributed by atoms with Crippen molar-refractivity contribution in [3.05, 3.63) is 76.6 Å². The van der Waals surface area contributed by atoms with Gasteiger partial charge in [-0.2, -0.15) is 5.10 Å². The van der Waals surface area contributed by atoms with E-state index in [0.29, 0.717) is 16.3 Å². The van der Waals surface area contributed by atoms with Gasteiger partial charge in [0.2, 0.25) is 5.91 Å². The summed E-state index contributed by atoms with van der Waals surface area (Å²) in [7, 11) is 1.59. The first-order valence-electron chi connectivity index (χ1n) is 8.78. The molecule has 1 heterocycles. The number of nitrogens with zero attached hydrogens (tertiary/aromatic N) is 3. The number of hydrogen-bond acceptors (Lipinski definition) is 3. The third kappa shape index (κ3) is 4.40. The zero-order chi connectivity index (χ0) is 20.3. The van der Waals surface area contributed by atoms with E-state index in [1.54, 1.807) is 43.4 Å². The number of carbonyl (C=O) groups is 2. The van der Waals surface area contributed by atoms with Gasteiger partial charge in [-0.25, -0.2) is 4.68 Å². The summed E-state index contributed by atoms with van der Waals surface area (Å²) in [6.45, 7) is 3.83. The highest BCUT2D eigenvalue weighted by molar-refractivity contribution is 6.33. The Morgan fingerprint density at radius 1 is 1.11 bits per heavy atom. The van der Waals surface area contributed by atoms with E-state index in [0.717, 1.165) is 17.1 Å². The van der Waals surface area contributed by atoms with Gasteiger partial charge in [-0.3, -0.25) is 9.59 Å². The van der Waals surface area contributed by atoms with Crippen LogP contribution in [0.4, 0.5) is 5.69 Å². The number of likely N-dealkylation sites (N-methyl/N-ethyl adjacent to an activating group) is 1. The molecule has 0 aliphatic rings. The van der Waals surface area contributed by atoms with Crippen LogP contribution < -0.4 is 5.32 Å². The molecule has 6 nitrogen and oxygen atoms in total. The minimum Gasteiger partial charge on any atom is -0.332 e. The van der Waals surface area contributed by atoms with Crippen LogP contribution in [-0.4, -0.2) is 40.1 Å². The van der Waals surface area contributed by atoms with E-state index in [-0.39, 0.29) is 18.4 Å². The molecule has 1 N–H and O–H groups in total. The number of carbonyl (C=O) groups excluding carboxylic acids is 2. The molecule has 1 aromatic heterocycles. The van der Waals surface area contributed by atoms with Gasteiger partial charge in [-0.05, 0) is 56.3 Å². The van der Waals surface area contributed by atoms with Gasteiger partial charge in [0.15, 0.2) is 0 Å². The SMILES string of the molecule is Cc1cc(C)n(-c2ccc(C(=O)N(C)CC(=O)Nc3ccccc3Cl)cc2)n1. The number of aryl methyl sites for hydroxylation is 2. The smallest absolute Gasteiger partial charge is 0.254 e. The first kappa shape index (κ1) is 19.6. The third-order valence-corrected chi connectivity index (χ3v) is 4.57. The van der Waals surface area contributed by atoms with Crippen molar-refractivity contribution in [2.45, 2.75) is 13.8 Å². The van der Waals surface area contributed by atoms with Crippen LogP contribution in [-0.2, 0) is 4.79 Å². The molecular weight excluding hydrogens is 376 g/mol. The van der Waals surface area contributed by atoms with Crippen molar-refractivity contribution in [2.24, 2.45) is 0 Å². The Balaban J connectivity index is 1.65. The molecule has 2 amide bonds. The average molecular weight is 397 g/mol. The number of halogens is 1. The molecule has 2 aromatic carbocycles.